The molecule has 0 fully saturated rings. The zero-order valence-electron chi connectivity index (χ0n) is 27.6. The van der Waals surface area contributed by atoms with Crippen LogP contribution in [-0.2, 0) is 0 Å². The molecule has 0 radical (unpaired) electrons. The molecule has 0 rings (SSSR count). The molecule has 0 aliphatic carbocycles. The van der Waals surface area contributed by atoms with Crippen LogP contribution in [0.5, 0.6) is 0 Å². The third-order valence-electron chi connectivity index (χ3n) is 7.37. The van der Waals surface area contributed by atoms with Gasteiger partial charge in [-0.1, -0.05) is 143 Å². The SMILES string of the molecule is C=C(C/C=C\CC)CCC(CCC(=C)CCC/C=C\C/C=C\C/C=C\C/C=C\CCCCC)CC(=C)C/C=C\CC. The van der Waals surface area contributed by atoms with Gasteiger partial charge < -0.3 is 0 Å². The van der Waals surface area contributed by atoms with E-state index in [0.717, 1.165) is 77.0 Å². The van der Waals surface area contributed by atoms with Gasteiger partial charge in [0.1, 0.15) is 0 Å². The van der Waals surface area contributed by atoms with Gasteiger partial charge in [0.15, 0.2) is 0 Å². The summed E-state index contributed by atoms with van der Waals surface area (Å²) in [4.78, 5) is 0. The van der Waals surface area contributed by atoms with Gasteiger partial charge in [0, 0.05) is 0 Å². The van der Waals surface area contributed by atoms with Crippen LogP contribution in [0, 0.1) is 5.92 Å². The van der Waals surface area contributed by atoms with Gasteiger partial charge in [0.25, 0.3) is 0 Å². The summed E-state index contributed by atoms with van der Waals surface area (Å²) in [6, 6.07) is 0. The lowest BCUT2D eigenvalue weighted by Gasteiger charge is -2.19. The minimum atomic E-state index is 0.676. The molecule has 0 aromatic heterocycles. The third-order valence-corrected chi connectivity index (χ3v) is 7.37. The van der Waals surface area contributed by atoms with Gasteiger partial charge in [0.2, 0.25) is 0 Å². The molecule has 0 spiro atoms. The highest BCUT2D eigenvalue weighted by molar-refractivity contribution is 5.06. The molecule has 0 bridgehead atoms. The van der Waals surface area contributed by atoms with Gasteiger partial charge in [-0.2, -0.15) is 0 Å². The lowest BCUT2D eigenvalue weighted by Crippen LogP contribution is -2.04. The third kappa shape index (κ3) is 29.0. The topological polar surface area (TPSA) is 0 Å². The Kier molecular flexibility index (Phi) is 28.9. The number of rotatable bonds is 28. The predicted octanol–water partition coefficient (Wildman–Crippen LogP) is 14.1. The first-order valence-corrected chi connectivity index (χ1v) is 16.9. The molecule has 0 heterocycles. The molecule has 0 saturated carbocycles. The second kappa shape index (κ2) is 30.6. The minimum Gasteiger partial charge on any atom is -0.0999 e. The van der Waals surface area contributed by atoms with Crippen molar-refractivity contribution >= 4 is 0 Å². The fraction of sp³-hybridized carbons (Fsp3) is 0.561. The van der Waals surface area contributed by atoms with E-state index in [-0.39, 0.29) is 0 Å². The van der Waals surface area contributed by atoms with Crippen molar-refractivity contribution in [3.05, 3.63) is 109 Å². The largest absolute Gasteiger partial charge is 0.0999 e. The summed E-state index contributed by atoms with van der Waals surface area (Å²) in [6.45, 7) is 19.8. The first kappa shape index (κ1) is 38.7. The predicted molar refractivity (Wildman–Crippen MR) is 190 cm³/mol. The van der Waals surface area contributed by atoms with Crippen molar-refractivity contribution in [2.24, 2.45) is 5.92 Å². The van der Waals surface area contributed by atoms with Crippen LogP contribution < -0.4 is 0 Å². The van der Waals surface area contributed by atoms with E-state index < -0.39 is 0 Å². The maximum absolute atomic E-state index is 4.42. The molecular formula is C41H66. The molecule has 0 nitrogen and oxygen atoms in total. The van der Waals surface area contributed by atoms with E-state index in [2.05, 4.69) is 113 Å². The number of hydrogen-bond acceptors (Lipinski definition) is 0. The number of allylic oxidation sites excluding steroid dienone is 15. The Bertz CT molecular complexity index is 822. The molecule has 41 heavy (non-hydrogen) atoms. The summed E-state index contributed by atoms with van der Waals surface area (Å²) >= 11 is 0. The van der Waals surface area contributed by atoms with Gasteiger partial charge in [-0.3, -0.25) is 0 Å². The zero-order valence-corrected chi connectivity index (χ0v) is 27.6. The normalized spacial score (nSPS) is 13.2. The van der Waals surface area contributed by atoms with Crippen molar-refractivity contribution in [2.75, 3.05) is 0 Å². The second-order valence-corrected chi connectivity index (χ2v) is 11.5. The maximum atomic E-state index is 4.42. The van der Waals surface area contributed by atoms with Gasteiger partial charge in [-0.25, -0.2) is 0 Å². The fourth-order valence-electron chi connectivity index (χ4n) is 4.75. The molecule has 0 aliphatic rings. The Morgan fingerprint density at radius 2 is 0.976 bits per heavy atom. The molecule has 0 N–H and O–H groups in total. The quantitative estimate of drug-likeness (QED) is 0.0661. The Hall–Kier alpha value is -2.34. The van der Waals surface area contributed by atoms with Crippen LogP contribution in [0.3, 0.4) is 0 Å². The van der Waals surface area contributed by atoms with E-state index in [0.29, 0.717) is 5.92 Å². The van der Waals surface area contributed by atoms with Gasteiger partial charge in [0.05, 0.1) is 0 Å². The van der Waals surface area contributed by atoms with Gasteiger partial charge >= 0.3 is 0 Å². The van der Waals surface area contributed by atoms with E-state index >= 15 is 0 Å². The van der Waals surface area contributed by atoms with Crippen LogP contribution in [0.1, 0.15) is 143 Å². The van der Waals surface area contributed by atoms with Crippen molar-refractivity contribution in [3.8, 4) is 0 Å². The molecular weight excluding hydrogens is 492 g/mol. The van der Waals surface area contributed by atoms with Crippen LogP contribution in [0.4, 0.5) is 0 Å². The lowest BCUT2D eigenvalue weighted by atomic mass is 9.86. The van der Waals surface area contributed by atoms with Crippen LogP contribution in [0.2, 0.25) is 0 Å². The van der Waals surface area contributed by atoms with Crippen molar-refractivity contribution in [1.29, 1.82) is 0 Å². The van der Waals surface area contributed by atoms with Crippen molar-refractivity contribution in [2.45, 2.75) is 143 Å². The first-order valence-electron chi connectivity index (χ1n) is 16.9. The van der Waals surface area contributed by atoms with E-state index in [1.165, 1.54) is 61.7 Å². The summed E-state index contributed by atoms with van der Waals surface area (Å²) in [5.41, 5.74) is 4.13. The monoisotopic (exact) mass is 559 g/mol. The van der Waals surface area contributed by atoms with Crippen molar-refractivity contribution < 1.29 is 0 Å². The Morgan fingerprint density at radius 1 is 0.488 bits per heavy atom. The molecule has 0 aromatic carbocycles. The average Bonchev–Trinajstić information content (AvgIpc) is 2.96. The second-order valence-electron chi connectivity index (χ2n) is 11.5. The Morgan fingerprint density at radius 3 is 1.51 bits per heavy atom. The molecule has 0 aromatic rings. The highest BCUT2D eigenvalue weighted by atomic mass is 14.2. The lowest BCUT2D eigenvalue weighted by molar-refractivity contribution is 0.440. The Balaban J connectivity index is 4.21. The van der Waals surface area contributed by atoms with E-state index in [1.807, 2.05) is 0 Å². The molecule has 0 amide bonds. The molecule has 1 unspecified atom stereocenters. The van der Waals surface area contributed by atoms with E-state index in [9.17, 15) is 0 Å². The molecule has 0 aliphatic heterocycles. The summed E-state index contributed by atoms with van der Waals surface area (Å²) < 4.78 is 0. The van der Waals surface area contributed by atoms with Gasteiger partial charge in [-0.15, -0.1) is 0 Å². The summed E-state index contributed by atoms with van der Waals surface area (Å²) in [5, 5.41) is 0. The Labute approximate surface area is 257 Å². The first-order chi connectivity index (χ1) is 20.0. The number of hydrogen-bond donors (Lipinski definition) is 0. The highest BCUT2D eigenvalue weighted by Crippen LogP contribution is 2.28. The zero-order chi connectivity index (χ0) is 30.2. The molecule has 0 saturated heterocycles. The highest BCUT2D eigenvalue weighted by Gasteiger charge is 2.12. The van der Waals surface area contributed by atoms with Crippen LogP contribution in [-0.4, -0.2) is 0 Å². The van der Waals surface area contributed by atoms with Gasteiger partial charge in [-0.05, 0) is 115 Å². The summed E-state index contributed by atoms with van der Waals surface area (Å²) in [7, 11) is 0. The molecule has 230 valence electrons. The standard InChI is InChI=1S/C41H66/c1-7-10-13-14-15-16-17-18-19-20-21-22-23-24-25-26-29-31-39(5)34-36-41(37-40(6)32-28-12-9-3)35-33-38(4)30-27-11-8-2/h11-12,15-16,18-19,21-22,24-25,27-28,41H,4-10,13-14,17,20,23,26,29-37H2,1-3H3/b16-15-,19-18-,22-21-,25-24-,27-11-,28-12-. The smallest absolute Gasteiger partial charge is 0.0141 e. The van der Waals surface area contributed by atoms with Crippen molar-refractivity contribution in [3.63, 3.8) is 0 Å². The summed E-state index contributed by atoms with van der Waals surface area (Å²) in [5.74, 6) is 0.676. The van der Waals surface area contributed by atoms with Crippen LogP contribution in [0.25, 0.3) is 0 Å². The molecule has 1 atom stereocenters. The van der Waals surface area contributed by atoms with Crippen LogP contribution in [0.15, 0.2) is 109 Å². The fourth-order valence-corrected chi connectivity index (χ4v) is 4.75. The number of unbranched alkanes of at least 4 members (excludes halogenated alkanes) is 4. The van der Waals surface area contributed by atoms with Crippen LogP contribution >= 0.6 is 0 Å². The minimum absolute atomic E-state index is 0.676. The van der Waals surface area contributed by atoms with E-state index in [4.69, 9.17) is 0 Å². The summed E-state index contributed by atoms with van der Waals surface area (Å²) in [6.07, 6.45) is 49.3. The maximum Gasteiger partial charge on any atom is -0.0141 e. The average molecular weight is 559 g/mol. The van der Waals surface area contributed by atoms with E-state index in [1.54, 1.807) is 0 Å². The van der Waals surface area contributed by atoms with Crippen molar-refractivity contribution in [1.82, 2.24) is 0 Å². The molecule has 0 heteroatoms.